The van der Waals surface area contributed by atoms with E-state index in [0.29, 0.717) is 0 Å². The highest BCUT2D eigenvalue weighted by molar-refractivity contribution is 6.32. The Morgan fingerprint density at radius 3 is 0.776 bits per heavy atom. The van der Waals surface area contributed by atoms with Crippen molar-refractivity contribution in [3.8, 4) is 100 Å². The van der Waals surface area contributed by atoms with E-state index in [1.807, 2.05) is 0 Å². The van der Waals surface area contributed by atoms with Gasteiger partial charge in [-0.15, -0.1) is 0 Å². The van der Waals surface area contributed by atoms with Crippen molar-refractivity contribution in [2.75, 3.05) is 0 Å². The minimum absolute atomic E-state index is 1.25. The summed E-state index contributed by atoms with van der Waals surface area (Å²) in [5.41, 5.74) is 23.1. The van der Waals surface area contributed by atoms with E-state index in [9.17, 15) is 0 Å². The third-order valence-corrected chi connectivity index (χ3v) is 17.1. The Morgan fingerprint density at radius 1 is 0.118 bits per heavy atom. The predicted molar refractivity (Wildman–Crippen MR) is 325 cm³/mol. The second-order valence-corrected chi connectivity index (χ2v) is 20.8. The maximum atomic E-state index is 2.46. The fourth-order valence-electron chi connectivity index (χ4n) is 14.1. The highest BCUT2D eigenvalue weighted by Gasteiger charge is 2.34. The summed E-state index contributed by atoms with van der Waals surface area (Å²) >= 11 is 0. The summed E-state index contributed by atoms with van der Waals surface area (Å²) in [4.78, 5) is 0. The van der Waals surface area contributed by atoms with E-state index in [1.165, 1.54) is 176 Å². The lowest BCUT2D eigenvalue weighted by Gasteiger charge is -2.22. The van der Waals surface area contributed by atoms with Crippen LogP contribution >= 0.6 is 0 Å². The molecule has 0 spiro atoms. The van der Waals surface area contributed by atoms with Crippen LogP contribution in [0.15, 0.2) is 267 Å². The fraction of sp³-hybridized carbons (Fsp3) is 0. The first-order valence-corrected chi connectivity index (χ1v) is 26.6. The third kappa shape index (κ3) is 5.68. The number of benzene rings is 15. The molecule has 0 atom stereocenters. The standard InChI is InChI=1S/C76H44/c1-5-25-49-45(17-1)21-11-31-53(49)63-41-42-64(54-32-12-22-46-18-2-6-26-50(46)54)74-67-43-39-55(59-35-15-37-65(69(59)67)73(63)74)56-40-44-68-70-60(56)36-16-38-66(70)75-71(57-33-13-23-47-19-3-7-27-51(47)57)61-29-9-10-30-62(61)72(76(68)75)58-34-14-24-48-20-4-8-28-52(48)58/h1-44H. The maximum absolute atomic E-state index is 2.46. The summed E-state index contributed by atoms with van der Waals surface area (Å²) in [7, 11) is 0. The van der Waals surface area contributed by atoms with Crippen LogP contribution in [0.25, 0.3) is 176 Å². The van der Waals surface area contributed by atoms with Crippen molar-refractivity contribution in [1.82, 2.24) is 0 Å². The van der Waals surface area contributed by atoms with E-state index in [-0.39, 0.29) is 0 Å². The molecular formula is C76H44. The van der Waals surface area contributed by atoms with Crippen LogP contribution in [0.3, 0.4) is 0 Å². The minimum atomic E-state index is 1.25. The first-order chi connectivity index (χ1) is 37.8. The smallest absolute Gasteiger partial charge is 0.000718 e. The van der Waals surface area contributed by atoms with Gasteiger partial charge in [0.25, 0.3) is 0 Å². The van der Waals surface area contributed by atoms with Gasteiger partial charge in [0.1, 0.15) is 0 Å². The molecule has 0 N–H and O–H groups in total. The van der Waals surface area contributed by atoms with Gasteiger partial charge in [0.05, 0.1) is 0 Å². The number of hydrogen-bond donors (Lipinski definition) is 0. The predicted octanol–water partition coefficient (Wildman–Crippen LogP) is 21.4. The van der Waals surface area contributed by atoms with Crippen molar-refractivity contribution in [3.05, 3.63) is 267 Å². The molecule has 2 aliphatic carbocycles. The van der Waals surface area contributed by atoms with Crippen molar-refractivity contribution in [2.24, 2.45) is 0 Å². The molecule has 0 heterocycles. The highest BCUT2D eigenvalue weighted by Crippen LogP contribution is 2.61. The van der Waals surface area contributed by atoms with Gasteiger partial charge < -0.3 is 0 Å². The lowest BCUT2D eigenvalue weighted by molar-refractivity contribution is 1.62. The minimum Gasteiger partial charge on any atom is -0.0616 e. The molecule has 0 amide bonds. The zero-order valence-electron chi connectivity index (χ0n) is 41.4. The topological polar surface area (TPSA) is 0 Å². The summed E-state index contributed by atoms with van der Waals surface area (Å²) in [6.07, 6.45) is 0. The monoisotopic (exact) mass is 956 g/mol. The normalized spacial score (nSPS) is 12.2. The molecule has 15 aromatic carbocycles. The lowest BCUT2D eigenvalue weighted by Crippen LogP contribution is -1.94. The van der Waals surface area contributed by atoms with Crippen molar-refractivity contribution < 1.29 is 0 Å². The summed E-state index contributed by atoms with van der Waals surface area (Å²) in [5, 5.41) is 17.8. The van der Waals surface area contributed by atoms with Crippen LogP contribution in [0.5, 0.6) is 0 Å². The summed E-state index contributed by atoms with van der Waals surface area (Å²) in [6, 6.07) is 101. The van der Waals surface area contributed by atoms with Crippen molar-refractivity contribution >= 4 is 75.4 Å². The Kier molecular flexibility index (Phi) is 8.65. The molecule has 0 fully saturated rings. The molecule has 2 aliphatic rings. The van der Waals surface area contributed by atoms with Crippen molar-refractivity contribution in [1.29, 1.82) is 0 Å². The van der Waals surface area contributed by atoms with E-state index in [1.54, 1.807) is 0 Å². The van der Waals surface area contributed by atoms with Gasteiger partial charge in [0, 0.05) is 0 Å². The molecule has 76 heavy (non-hydrogen) atoms. The van der Waals surface area contributed by atoms with Crippen LogP contribution in [-0.2, 0) is 0 Å². The van der Waals surface area contributed by atoms with Crippen LogP contribution in [0, 0.1) is 0 Å². The summed E-state index contributed by atoms with van der Waals surface area (Å²) in [5.74, 6) is 0. The van der Waals surface area contributed by atoms with Gasteiger partial charge in [-0.25, -0.2) is 0 Å². The third-order valence-electron chi connectivity index (χ3n) is 17.1. The van der Waals surface area contributed by atoms with Gasteiger partial charge in [-0.05, 0) is 176 Å². The van der Waals surface area contributed by atoms with Crippen molar-refractivity contribution in [2.45, 2.75) is 0 Å². The molecule has 0 saturated carbocycles. The maximum Gasteiger partial charge on any atom is -0.000718 e. The SMILES string of the molecule is c1ccc2c(-c3ccc(-c4cccc5ccccc45)c4c3-c3cccc5c(-c6ccc7c8c(cccc68)-c6c-7c(-c7cccc8ccccc78)c7ccccc7c6-c6cccc7ccccc67)ccc-4c35)cccc2c1. The molecule has 17 rings (SSSR count). The van der Waals surface area contributed by atoms with Gasteiger partial charge in [-0.2, -0.15) is 0 Å². The van der Waals surface area contributed by atoms with Gasteiger partial charge in [0.2, 0.25) is 0 Å². The van der Waals surface area contributed by atoms with Crippen LogP contribution in [0.2, 0.25) is 0 Å². The fourth-order valence-corrected chi connectivity index (χ4v) is 14.1. The van der Waals surface area contributed by atoms with Gasteiger partial charge in [0.15, 0.2) is 0 Å². The Labute approximate surface area is 440 Å². The lowest BCUT2D eigenvalue weighted by atomic mass is 9.81. The van der Waals surface area contributed by atoms with Crippen molar-refractivity contribution in [3.63, 3.8) is 0 Å². The van der Waals surface area contributed by atoms with E-state index >= 15 is 0 Å². The molecule has 0 bridgehead atoms. The number of rotatable bonds is 5. The largest absolute Gasteiger partial charge is 0.0616 e. The highest BCUT2D eigenvalue weighted by atomic mass is 14.4. The van der Waals surface area contributed by atoms with Crippen LogP contribution < -0.4 is 0 Å². The van der Waals surface area contributed by atoms with Crippen LogP contribution in [-0.4, -0.2) is 0 Å². The first kappa shape index (κ1) is 41.6. The first-order valence-electron chi connectivity index (χ1n) is 26.6. The van der Waals surface area contributed by atoms with Gasteiger partial charge >= 0.3 is 0 Å². The van der Waals surface area contributed by atoms with Gasteiger partial charge in [-0.3, -0.25) is 0 Å². The molecule has 15 aromatic rings. The van der Waals surface area contributed by atoms with Crippen LogP contribution in [0.1, 0.15) is 0 Å². The molecule has 0 aliphatic heterocycles. The van der Waals surface area contributed by atoms with Gasteiger partial charge in [-0.1, -0.05) is 267 Å². The molecule has 0 radical (unpaired) electrons. The van der Waals surface area contributed by atoms with E-state index < -0.39 is 0 Å². The molecule has 0 nitrogen and oxygen atoms in total. The second kappa shape index (κ2) is 15.8. The summed E-state index contributed by atoms with van der Waals surface area (Å²) < 4.78 is 0. The molecule has 0 heteroatoms. The average molecular weight is 957 g/mol. The zero-order chi connectivity index (χ0) is 49.6. The Morgan fingerprint density at radius 2 is 0.355 bits per heavy atom. The molecule has 0 saturated heterocycles. The quantitative estimate of drug-likeness (QED) is 0.161. The number of hydrogen-bond acceptors (Lipinski definition) is 0. The van der Waals surface area contributed by atoms with E-state index in [0.717, 1.165) is 0 Å². The summed E-state index contributed by atoms with van der Waals surface area (Å²) in [6.45, 7) is 0. The van der Waals surface area contributed by atoms with Crippen LogP contribution in [0.4, 0.5) is 0 Å². The van der Waals surface area contributed by atoms with E-state index in [2.05, 4.69) is 267 Å². The Bertz CT molecular complexity index is 4780. The molecule has 0 unspecified atom stereocenters. The van der Waals surface area contributed by atoms with E-state index in [4.69, 9.17) is 0 Å². The Balaban J connectivity index is 0.950. The molecule has 0 aromatic heterocycles. The molecular weight excluding hydrogens is 913 g/mol. The molecule has 348 valence electrons. The Hall–Kier alpha value is -9.88. The average Bonchev–Trinajstić information content (AvgIpc) is 4.05. The zero-order valence-corrected chi connectivity index (χ0v) is 41.4. The second-order valence-electron chi connectivity index (χ2n) is 20.8. The number of fused-ring (bicyclic) bond motifs is 11.